The lowest BCUT2D eigenvalue weighted by Gasteiger charge is -2.14. The lowest BCUT2D eigenvalue weighted by Crippen LogP contribution is -2.27. The molecular formula is C11H18Cl2N2S. The van der Waals surface area contributed by atoms with E-state index in [-0.39, 0.29) is 6.04 Å². The molecule has 0 spiro atoms. The van der Waals surface area contributed by atoms with E-state index in [1.807, 2.05) is 6.07 Å². The zero-order valence-corrected chi connectivity index (χ0v) is 11.8. The molecule has 92 valence electrons. The van der Waals surface area contributed by atoms with Crippen LogP contribution in [0.2, 0.25) is 8.67 Å². The maximum absolute atomic E-state index is 6.10. The first kappa shape index (κ1) is 14.3. The summed E-state index contributed by atoms with van der Waals surface area (Å²) in [7, 11) is 0. The second kappa shape index (κ2) is 7.51. The maximum Gasteiger partial charge on any atom is 0.0992 e. The minimum Gasteiger partial charge on any atom is -0.271 e. The highest BCUT2D eigenvalue weighted by atomic mass is 35.5. The number of halogens is 2. The second-order valence-electron chi connectivity index (χ2n) is 3.85. The lowest BCUT2D eigenvalue weighted by molar-refractivity contribution is 0.483. The van der Waals surface area contributed by atoms with Gasteiger partial charge in [0.25, 0.3) is 0 Å². The van der Waals surface area contributed by atoms with Crippen molar-refractivity contribution in [1.82, 2.24) is 5.43 Å². The maximum atomic E-state index is 6.10. The molecule has 0 aliphatic carbocycles. The first-order chi connectivity index (χ1) is 7.69. The molecule has 1 aromatic heterocycles. The molecular weight excluding hydrogens is 263 g/mol. The third-order valence-electron chi connectivity index (χ3n) is 2.61. The van der Waals surface area contributed by atoms with Gasteiger partial charge in [-0.15, -0.1) is 11.3 Å². The van der Waals surface area contributed by atoms with Gasteiger partial charge in [-0.3, -0.25) is 11.3 Å². The van der Waals surface area contributed by atoms with Gasteiger partial charge in [-0.1, -0.05) is 55.8 Å². The Morgan fingerprint density at radius 3 is 2.62 bits per heavy atom. The first-order valence-electron chi connectivity index (χ1n) is 5.59. The molecule has 0 saturated heterocycles. The summed E-state index contributed by atoms with van der Waals surface area (Å²) in [6, 6.07) is 2.02. The van der Waals surface area contributed by atoms with E-state index in [2.05, 4.69) is 12.3 Å². The van der Waals surface area contributed by atoms with Gasteiger partial charge in [0.15, 0.2) is 0 Å². The molecule has 0 aliphatic heterocycles. The van der Waals surface area contributed by atoms with Gasteiger partial charge in [0, 0.05) is 11.6 Å². The summed E-state index contributed by atoms with van der Waals surface area (Å²) in [4.78, 5) is 0. The van der Waals surface area contributed by atoms with Crippen molar-refractivity contribution in [1.29, 1.82) is 0 Å². The zero-order chi connectivity index (χ0) is 12.0. The molecule has 2 nitrogen and oxygen atoms in total. The molecule has 1 unspecified atom stereocenters. The van der Waals surface area contributed by atoms with Gasteiger partial charge in [-0.05, 0) is 12.5 Å². The summed E-state index contributed by atoms with van der Waals surface area (Å²) in [6.07, 6.45) is 5.92. The van der Waals surface area contributed by atoms with Gasteiger partial charge >= 0.3 is 0 Å². The Bertz CT molecular complexity index is 315. The van der Waals surface area contributed by atoms with Crippen molar-refractivity contribution in [3.05, 3.63) is 20.3 Å². The molecule has 3 N–H and O–H groups in total. The Morgan fingerprint density at radius 2 is 2.12 bits per heavy atom. The minimum atomic E-state index is 0.119. The third-order valence-corrected chi connectivity index (χ3v) is 4.12. The molecule has 0 amide bonds. The summed E-state index contributed by atoms with van der Waals surface area (Å²) in [5, 5.41) is 0. The number of thiophene rings is 1. The summed E-state index contributed by atoms with van der Waals surface area (Å²) in [5.74, 6) is 5.55. The minimum absolute atomic E-state index is 0.119. The van der Waals surface area contributed by atoms with Gasteiger partial charge in [0.2, 0.25) is 0 Å². The first-order valence-corrected chi connectivity index (χ1v) is 7.17. The lowest BCUT2D eigenvalue weighted by atomic mass is 10.0. The fraction of sp³-hybridized carbons (Fsp3) is 0.636. The molecule has 0 aliphatic rings. The van der Waals surface area contributed by atoms with E-state index >= 15 is 0 Å². The van der Waals surface area contributed by atoms with Crippen LogP contribution in [-0.4, -0.2) is 0 Å². The number of nitrogens with two attached hydrogens (primary N) is 1. The SMILES string of the molecule is CCCCCCC(NN)c1cc(Cl)sc1Cl. The van der Waals surface area contributed by atoms with Crippen molar-refractivity contribution >= 4 is 34.5 Å². The summed E-state index contributed by atoms with van der Waals surface area (Å²) < 4.78 is 1.46. The van der Waals surface area contributed by atoms with Crippen molar-refractivity contribution < 1.29 is 0 Å². The summed E-state index contributed by atoms with van der Waals surface area (Å²) in [5.41, 5.74) is 3.84. The highest BCUT2D eigenvalue weighted by molar-refractivity contribution is 7.20. The van der Waals surface area contributed by atoms with Crippen molar-refractivity contribution in [3.63, 3.8) is 0 Å². The van der Waals surface area contributed by atoms with E-state index in [9.17, 15) is 0 Å². The Hall–Kier alpha value is 0.200. The molecule has 0 aromatic carbocycles. The molecule has 1 rings (SSSR count). The molecule has 5 heteroatoms. The van der Waals surface area contributed by atoms with E-state index < -0.39 is 0 Å². The largest absolute Gasteiger partial charge is 0.271 e. The molecule has 0 bridgehead atoms. The zero-order valence-electron chi connectivity index (χ0n) is 9.43. The Labute approximate surface area is 111 Å². The summed E-state index contributed by atoms with van der Waals surface area (Å²) in [6.45, 7) is 2.20. The Kier molecular flexibility index (Phi) is 6.70. The molecule has 0 fully saturated rings. The van der Waals surface area contributed by atoms with Crippen LogP contribution >= 0.6 is 34.5 Å². The van der Waals surface area contributed by atoms with Crippen LogP contribution in [0.1, 0.15) is 50.6 Å². The smallest absolute Gasteiger partial charge is 0.0992 e. The van der Waals surface area contributed by atoms with Crippen molar-refractivity contribution in [3.8, 4) is 0 Å². The molecule has 1 aromatic rings. The molecule has 1 heterocycles. The highest BCUT2D eigenvalue weighted by Crippen LogP contribution is 2.36. The van der Waals surface area contributed by atoms with Crippen molar-refractivity contribution in [2.45, 2.75) is 45.1 Å². The monoisotopic (exact) mass is 280 g/mol. The number of unbranched alkanes of at least 4 members (excludes halogenated alkanes) is 3. The quantitative estimate of drug-likeness (QED) is 0.438. The fourth-order valence-electron chi connectivity index (χ4n) is 1.69. The van der Waals surface area contributed by atoms with Gasteiger partial charge in [-0.2, -0.15) is 0 Å². The standard InChI is InChI=1S/C11H18Cl2N2S/c1-2-3-4-5-6-9(15-14)8-7-10(12)16-11(8)13/h7,9,15H,2-6,14H2,1H3. The van der Waals surface area contributed by atoms with Crippen molar-refractivity contribution in [2.24, 2.45) is 5.84 Å². The van der Waals surface area contributed by atoms with Crippen LogP contribution in [-0.2, 0) is 0 Å². The molecule has 0 saturated carbocycles. The number of hydrogen-bond donors (Lipinski definition) is 2. The number of hydrazine groups is 1. The van der Waals surface area contributed by atoms with E-state index in [0.717, 1.165) is 22.7 Å². The number of nitrogens with one attached hydrogen (secondary N) is 1. The number of hydrogen-bond acceptors (Lipinski definition) is 3. The topological polar surface area (TPSA) is 38.0 Å². The predicted molar refractivity (Wildman–Crippen MR) is 73.2 cm³/mol. The fourth-order valence-corrected chi connectivity index (χ4v) is 3.27. The van der Waals surface area contributed by atoms with Crippen LogP contribution in [0, 0.1) is 0 Å². The Balaban J connectivity index is 2.50. The average molecular weight is 281 g/mol. The normalized spacial score (nSPS) is 13.0. The van der Waals surface area contributed by atoms with E-state index in [4.69, 9.17) is 29.0 Å². The summed E-state index contributed by atoms with van der Waals surface area (Å²) >= 11 is 13.4. The van der Waals surface area contributed by atoms with Crippen LogP contribution in [0.15, 0.2) is 6.07 Å². The average Bonchev–Trinajstić information content (AvgIpc) is 2.58. The van der Waals surface area contributed by atoms with Gasteiger partial charge < -0.3 is 0 Å². The number of rotatable bonds is 7. The van der Waals surface area contributed by atoms with Crippen LogP contribution in [0.4, 0.5) is 0 Å². The van der Waals surface area contributed by atoms with Crippen LogP contribution in [0.3, 0.4) is 0 Å². The molecule has 16 heavy (non-hydrogen) atoms. The van der Waals surface area contributed by atoms with E-state index in [0.29, 0.717) is 4.34 Å². The van der Waals surface area contributed by atoms with E-state index in [1.54, 1.807) is 0 Å². The third kappa shape index (κ3) is 4.22. The van der Waals surface area contributed by atoms with Crippen LogP contribution < -0.4 is 11.3 Å². The van der Waals surface area contributed by atoms with Gasteiger partial charge in [-0.25, -0.2) is 0 Å². The van der Waals surface area contributed by atoms with Crippen LogP contribution in [0.25, 0.3) is 0 Å². The van der Waals surface area contributed by atoms with Gasteiger partial charge in [0.05, 0.1) is 8.67 Å². The van der Waals surface area contributed by atoms with Gasteiger partial charge in [0.1, 0.15) is 0 Å². The van der Waals surface area contributed by atoms with E-state index in [1.165, 1.54) is 30.6 Å². The van der Waals surface area contributed by atoms with Crippen molar-refractivity contribution in [2.75, 3.05) is 0 Å². The van der Waals surface area contributed by atoms with Crippen LogP contribution in [0.5, 0.6) is 0 Å². The Morgan fingerprint density at radius 1 is 1.38 bits per heavy atom. The second-order valence-corrected chi connectivity index (χ2v) is 6.13. The molecule has 0 radical (unpaired) electrons. The molecule has 1 atom stereocenters. The highest BCUT2D eigenvalue weighted by Gasteiger charge is 2.15. The predicted octanol–water partition coefficient (Wildman–Crippen LogP) is 4.53.